The third-order valence-electron chi connectivity index (χ3n) is 5.99. The maximum Gasteiger partial charge on any atom is 0.271 e. The molecule has 0 unspecified atom stereocenters. The molecule has 2 aliphatic heterocycles. The Bertz CT molecular complexity index is 1090. The average molecular weight is 407 g/mol. The third-order valence-corrected chi connectivity index (χ3v) is 5.99. The molecule has 3 aromatic rings. The molecule has 3 aliphatic rings. The van der Waals surface area contributed by atoms with Crippen molar-refractivity contribution in [2.75, 3.05) is 19.9 Å². The second kappa shape index (κ2) is 6.86. The van der Waals surface area contributed by atoms with Gasteiger partial charge < -0.3 is 18.8 Å². The van der Waals surface area contributed by atoms with Crippen molar-refractivity contribution in [2.24, 2.45) is 0 Å². The molecule has 0 atom stereocenters. The van der Waals surface area contributed by atoms with E-state index in [1.165, 1.54) is 0 Å². The van der Waals surface area contributed by atoms with Crippen LogP contribution in [0.1, 0.15) is 59.8 Å². The summed E-state index contributed by atoms with van der Waals surface area (Å²) in [6, 6.07) is 7.42. The Kier molecular flexibility index (Phi) is 4.00. The van der Waals surface area contributed by atoms with E-state index in [-0.39, 0.29) is 18.6 Å². The van der Waals surface area contributed by atoms with E-state index in [2.05, 4.69) is 20.4 Å². The van der Waals surface area contributed by atoms with Crippen molar-refractivity contribution >= 4 is 5.91 Å². The lowest BCUT2D eigenvalue weighted by molar-refractivity contribution is 0.0700. The van der Waals surface area contributed by atoms with E-state index in [1.54, 1.807) is 6.07 Å². The molecule has 1 amide bonds. The van der Waals surface area contributed by atoms with Crippen molar-refractivity contribution in [2.45, 2.75) is 37.5 Å². The normalized spacial score (nSPS) is 18.7. The van der Waals surface area contributed by atoms with E-state index in [9.17, 15) is 4.79 Å². The zero-order valence-corrected chi connectivity index (χ0v) is 16.3. The number of nitrogens with one attached hydrogen (secondary N) is 1. The van der Waals surface area contributed by atoms with E-state index in [1.807, 2.05) is 23.1 Å². The van der Waals surface area contributed by atoms with Crippen LogP contribution in [0.25, 0.3) is 11.3 Å². The first-order chi connectivity index (χ1) is 14.7. The number of hydrogen-bond acceptors (Lipinski definition) is 7. The molecule has 1 saturated carbocycles. The molecule has 2 aromatic heterocycles. The molecule has 30 heavy (non-hydrogen) atoms. The summed E-state index contributed by atoms with van der Waals surface area (Å²) in [7, 11) is 0. The molecule has 1 aliphatic carbocycles. The molecule has 1 aromatic carbocycles. The number of aromatic nitrogens is 4. The molecule has 0 spiro atoms. The molecular weight excluding hydrogens is 386 g/mol. The van der Waals surface area contributed by atoms with Gasteiger partial charge in [0, 0.05) is 30.5 Å². The number of nitrogens with zero attached hydrogens (tertiary/aromatic N) is 4. The smallest absolute Gasteiger partial charge is 0.271 e. The molecule has 2 fully saturated rings. The van der Waals surface area contributed by atoms with Crippen LogP contribution in [0.15, 0.2) is 28.7 Å². The van der Waals surface area contributed by atoms with E-state index in [0.717, 1.165) is 48.8 Å². The zero-order valence-electron chi connectivity index (χ0n) is 16.3. The van der Waals surface area contributed by atoms with E-state index in [4.69, 9.17) is 13.9 Å². The Morgan fingerprint density at radius 1 is 0.967 bits per heavy atom. The SMILES string of the molecule is O=C(c1cc(-c2ccc3c(c2)OCO3)n[nH]1)N1CCC(c2nnc(C3CC3)o2)CC1. The fraction of sp³-hybridized carbons (Fsp3) is 0.429. The fourth-order valence-corrected chi connectivity index (χ4v) is 4.04. The molecule has 1 saturated heterocycles. The number of benzene rings is 1. The van der Waals surface area contributed by atoms with Gasteiger partial charge in [-0.15, -0.1) is 10.2 Å². The van der Waals surface area contributed by atoms with Gasteiger partial charge in [0.25, 0.3) is 5.91 Å². The fourth-order valence-electron chi connectivity index (χ4n) is 4.04. The number of H-pyrrole nitrogens is 1. The van der Waals surface area contributed by atoms with Gasteiger partial charge in [-0.3, -0.25) is 9.89 Å². The number of ether oxygens (including phenoxy) is 2. The molecule has 0 bridgehead atoms. The highest BCUT2D eigenvalue weighted by Crippen LogP contribution is 2.40. The zero-order chi connectivity index (χ0) is 20.1. The van der Waals surface area contributed by atoms with Crippen LogP contribution in [-0.2, 0) is 0 Å². The number of piperidine rings is 1. The first-order valence-corrected chi connectivity index (χ1v) is 10.3. The predicted molar refractivity (Wildman–Crippen MR) is 104 cm³/mol. The van der Waals surface area contributed by atoms with Gasteiger partial charge in [-0.1, -0.05) is 0 Å². The molecule has 1 N–H and O–H groups in total. The van der Waals surface area contributed by atoms with Crippen molar-refractivity contribution in [3.05, 3.63) is 41.7 Å². The summed E-state index contributed by atoms with van der Waals surface area (Å²) in [5.74, 6) is 3.55. The standard InChI is InChI=1S/C21H21N5O4/c27-21(16-10-15(22-23-16)14-3-4-17-18(9-14)29-11-28-17)26-7-5-13(6-8-26)20-25-24-19(30-20)12-1-2-12/h3-4,9-10,12-13H,1-2,5-8,11H2,(H,22,23). The van der Waals surface area contributed by atoms with Gasteiger partial charge >= 0.3 is 0 Å². The van der Waals surface area contributed by atoms with Crippen molar-refractivity contribution in [1.29, 1.82) is 0 Å². The number of hydrogen-bond donors (Lipinski definition) is 1. The lowest BCUT2D eigenvalue weighted by Gasteiger charge is -2.30. The van der Waals surface area contributed by atoms with Gasteiger partial charge in [-0.05, 0) is 49.9 Å². The number of likely N-dealkylation sites (tertiary alicyclic amines) is 1. The topological polar surface area (TPSA) is 106 Å². The van der Waals surface area contributed by atoms with Crippen molar-refractivity contribution in [3.8, 4) is 22.8 Å². The van der Waals surface area contributed by atoms with Crippen LogP contribution in [-0.4, -0.2) is 51.1 Å². The second-order valence-electron chi connectivity index (χ2n) is 8.05. The molecule has 9 heteroatoms. The monoisotopic (exact) mass is 407 g/mol. The largest absolute Gasteiger partial charge is 0.454 e. The Balaban J connectivity index is 1.11. The van der Waals surface area contributed by atoms with Crippen LogP contribution in [0, 0.1) is 0 Å². The van der Waals surface area contributed by atoms with Gasteiger partial charge in [0.2, 0.25) is 18.6 Å². The average Bonchev–Trinajstić information content (AvgIpc) is 3.20. The summed E-state index contributed by atoms with van der Waals surface area (Å²) in [5, 5.41) is 15.6. The third kappa shape index (κ3) is 3.10. The molecule has 154 valence electrons. The van der Waals surface area contributed by atoms with Crippen LogP contribution in [0.2, 0.25) is 0 Å². The number of carbonyl (C=O) groups excluding carboxylic acids is 1. The molecule has 4 heterocycles. The van der Waals surface area contributed by atoms with Gasteiger partial charge in [0.1, 0.15) is 5.69 Å². The van der Waals surface area contributed by atoms with Gasteiger partial charge in [-0.25, -0.2) is 0 Å². The quantitative estimate of drug-likeness (QED) is 0.708. The highest BCUT2D eigenvalue weighted by Gasteiger charge is 2.32. The molecule has 6 rings (SSSR count). The van der Waals surface area contributed by atoms with Crippen LogP contribution in [0.4, 0.5) is 0 Å². The maximum absolute atomic E-state index is 12.9. The van der Waals surface area contributed by atoms with E-state index < -0.39 is 0 Å². The summed E-state index contributed by atoms with van der Waals surface area (Å²) >= 11 is 0. The maximum atomic E-state index is 12.9. The Morgan fingerprint density at radius 3 is 2.47 bits per heavy atom. The lowest BCUT2D eigenvalue weighted by Crippen LogP contribution is -2.38. The highest BCUT2D eigenvalue weighted by atomic mass is 16.7. The first-order valence-electron chi connectivity index (χ1n) is 10.3. The number of carbonyl (C=O) groups is 1. The summed E-state index contributed by atoms with van der Waals surface area (Å²) < 4.78 is 16.6. The minimum absolute atomic E-state index is 0.0443. The number of aromatic amines is 1. The minimum Gasteiger partial charge on any atom is -0.454 e. The molecule has 9 nitrogen and oxygen atoms in total. The second-order valence-corrected chi connectivity index (χ2v) is 8.05. The summed E-state index contributed by atoms with van der Waals surface area (Å²) in [4.78, 5) is 14.8. The Hall–Kier alpha value is -3.36. The van der Waals surface area contributed by atoms with Gasteiger partial charge in [0.05, 0.1) is 5.69 Å². The predicted octanol–water partition coefficient (Wildman–Crippen LogP) is 3.09. The van der Waals surface area contributed by atoms with Crippen LogP contribution in [0.3, 0.4) is 0 Å². The summed E-state index contributed by atoms with van der Waals surface area (Å²) in [6.45, 7) is 1.54. The molecule has 0 radical (unpaired) electrons. The first kappa shape index (κ1) is 17.5. The van der Waals surface area contributed by atoms with Crippen molar-refractivity contribution in [1.82, 2.24) is 25.3 Å². The van der Waals surface area contributed by atoms with Crippen LogP contribution in [0.5, 0.6) is 11.5 Å². The minimum atomic E-state index is -0.0443. The van der Waals surface area contributed by atoms with Crippen LogP contribution >= 0.6 is 0 Å². The number of fused-ring (bicyclic) bond motifs is 1. The molecular formula is C21H21N5O4. The van der Waals surface area contributed by atoms with Crippen molar-refractivity contribution < 1.29 is 18.7 Å². The number of rotatable bonds is 4. The summed E-state index contributed by atoms with van der Waals surface area (Å²) in [6.07, 6.45) is 3.93. The number of amides is 1. The van der Waals surface area contributed by atoms with Crippen LogP contribution < -0.4 is 9.47 Å². The Morgan fingerprint density at radius 2 is 1.70 bits per heavy atom. The van der Waals surface area contributed by atoms with Gasteiger partial charge in [0.15, 0.2) is 11.5 Å². The van der Waals surface area contributed by atoms with E-state index in [0.29, 0.717) is 36.1 Å². The van der Waals surface area contributed by atoms with Gasteiger partial charge in [-0.2, -0.15) is 5.10 Å². The van der Waals surface area contributed by atoms with Crippen molar-refractivity contribution in [3.63, 3.8) is 0 Å². The highest BCUT2D eigenvalue weighted by molar-refractivity contribution is 5.93. The Labute approximate surface area is 172 Å². The lowest BCUT2D eigenvalue weighted by atomic mass is 9.96. The summed E-state index contributed by atoms with van der Waals surface area (Å²) in [5.41, 5.74) is 2.05. The van der Waals surface area contributed by atoms with E-state index >= 15 is 0 Å².